The molecule has 1 amide bonds. The highest BCUT2D eigenvalue weighted by Gasteiger charge is 2.18. The number of ether oxygens (including phenoxy) is 2. The highest BCUT2D eigenvalue weighted by atomic mass is 32.1. The molecule has 1 unspecified atom stereocenters. The van der Waals surface area contributed by atoms with E-state index in [0.717, 1.165) is 0 Å². The van der Waals surface area contributed by atoms with E-state index in [1.807, 2.05) is 12.3 Å². The van der Waals surface area contributed by atoms with Crippen LogP contribution in [0.2, 0.25) is 0 Å². The summed E-state index contributed by atoms with van der Waals surface area (Å²) in [5.74, 6) is -0.108. The van der Waals surface area contributed by atoms with Crippen LogP contribution in [0.3, 0.4) is 0 Å². The van der Waals surface area contributed by atoms with Crippen molar-refractivity contribution in [2.75, 3.05) is 14.2 Å². The smallest absolute Gasteiger partial charge is 0.252 e. The van der Waals surface area contributed by atoms with Crippen LogP contribution in [0, 0.1) is 0 Å². The number of rotatable bonds is 5. The van der Waals surface area contributed by atoms with E-state index in [-0.39, 0.29) is 11.9 Å². The van der Waals surface area contributed by atoms with Gasteiger partial charge in [-0.05, 0) is 18.4 Å². The molecule has 1 aromatic rings. The summed E-state index contributed by atoms with van der Waals surface area (Å²) in [6, 6.07) is 1.59. The van der Waals surface area contributed by atoms with Crippen molar-refractivity contribution in [1.29, 1.82) is 0 Å². The van der Waals surface area contributed by atoms with Gasteiger partial charge in [0.05, 0.1) is 6.04 Å². The lowest BCUT2D eigenvalue weighted by Gasteiger charge is -2.21. The van der Waals surface area contributed by atoms with Gasteiger partial charge in [-0.25, -0.2) is 0 Å². The molecule has 0 aliphatic rings. The van der Waals surface area contributed by atoms with Crippen LogP contribution < -0.4 is 5.32 Å². The molecule has 0 aliphatic carbocycles. The summed E-state index contributed by atoms with van der Waals surface area (Å²) in [6.07, 6.45) is -0.424. The molecule has 0 aliphatic heterocycles. The van der Waals surface area contributed by atoms with E-state index in [4.69, 9.17) is 9.47 Å². The Bertz CT molecular complexity index is 296. The lowest BCUT2D eigenvalue weighted by molar-refractivity contribution is -0.117. The molecule has 0 spiro atoms. The number of hydrogen-bond donors (Lipinski definition) is 1. The van der Waals surface area contributed by atoms with Crippen LogP contribution in [-0.4, -0.2) is 32.5 Å². The zero-order valence-corrected chi connectivity index (χ0v) is 9.84. The zero-order valence-electron chi connectivity index (χ0n) is 9.02. The molecule has 0 saturated carbocycles. The fourth-order valence-corrected chi connectivity index (χ4v) is 1.89. The first kappa shape index (κ1) is 12.2. The van der Waals surface area contributed by atoms with Crippen LogP contribution in [0.1, 0.15) is 17.3 Å². The summed E-state index contributed by atoms with van der Waals surface area (Å²) in [5.41, 5.74) is 0.665. The molecule has 0 saturated heterocycles. The third-order valence-electron chi connectivity index (χ3n) is 2.01. The van der Waals surface area contributed by atoms with Gasteiger partial charge in [-0.2, -0.15) is 11.3 Å². The maximum atomic E-state index is 11.6. The maximum Gasteiger partial charge on any atom is 0.252 e. The van der Waals surface area contributed by atoms with Gasteiger partial charge in [0.15, 0.2) is 6.29 Å². The van der Waals surface area contributed by atoms with Crippen molar-refractivity contribution in [3.8, 4) is 0 Å². The lowest BCUT2D eigenvalue weighted by atomic mass is 10.2. The summed E-state index contributed by atoms with van der Waals surface area (Å²) >= 11 is 1.49. The van der Waals surface area contributed by atoms with E-state index >= 15 is 0 Å². The Kier molecular flexibility index (Phi) is 4.74. The van der Waals surface area contributed by atoms with E-state index in [0.29, 0.717) is 5.56 Å². The Morgan fingerprint density at radius 1 is 1.47 bits per heavy atom. The summed E-state index contributed by atoms with van der Waals surface area (Å²) in [7, 11) is 3.09. The van der Waals surface area contributed by atoms with Gasteiger partial charge in [0.1, 0.15) is 0 Å². The van der Waals surface area contributed by atoms with Crippen LogP contribution in [0.25, 0.3) is 0 Å². The second-order valence-electron chi connectivity index (χ2n) is 3.11. The van der Waals surface area contributed by atoms with Crippen LogP contribution in [0.15, 0.2) is 16.8 Å². The van der Waals surface area contributed by atoms with Gasteiger partial charge in [0, 0.05) is 25.2 Å². The fraction of sp³-hybridized carbons (Fsp3) is 0.500. The molecule has 4 nitrogen and oxygen atoms in total. The van der Waals surface area contributed by atoms with Crippen molar-refractivity contribution in [1.82, 2.24) is 5.32 Å². The summed E-state index contributed by atoms with van der Waals surface area (Å²) < 4.78 is 10.1. The number of hydrogen-bond acceptors (Lipinski definition) is 4. The molecule has 1 rings (SSSR count). The van der Waals surface area contributed by atoms with Gasteiger partial charge in [0.25, 0.3) is 5.91 Å². The van der Waals surface area contributed by atoms with Gasteiger partial charge in [-0.1, -0.05) is 0 Å². The Balaban J connectivity index is 2.51. The van der Waals surface area contributed by atoms with Gasteiger partial charge < -0.3 is 14.8 Å². The van der Waals surface area contributed by atoms with Crippen molar-refractivity contribution in [2.45, 2.75) is 19.3 Å². The molecule has 5 heteroatoms. The third kappa shape index (κ3) is 3.30. The van der Waals surface area contributed by atoms with Crippen molar-refractivity contribution in [3.63, 3.8) is 0 Å². The van der Waals surface area contributed by atoms with E-state index in [2.05, 4.69) is 5.32 Å². The topological polar surface area (TPSA) is 47.6 Å². The minimum Gasteiger partial charge on any atom is -0.354 e. The van der Waals surface area contributed by atoms with Gasteiger partial charge >= 0.3 is 0 Å². The largest absolute Gasteiger partial charge is 0.354 e. The average molecular weight is 229 g/mol. The Labute approximate surface area is 93.2 Å². The maximum absolute atomic E-state index is 11.6. The molecule has 0 bridgehead atoms. The summed E-state index contributed by atoms with van der Waals surface area (Å²) in [5, 5.41) is 6.47. The van der Waals surface area contributed by atoms with Crippen molar-refractivity contribution >= 4 is 17.2 Å². The van der Waals surface area contributed by atoms with Crippen molar-refractivity contribution < 1.29 is 14.3 Å². The van der Waals surface area contributed by atoms with Crippen LogP contribution in [-0.2, 0) is 9.47 Å². The van der Waals surface area contributed by atoms with Crippen LogP contribution >= 0.6 is 11.3 Å². The monoisotopic (exact) mass is 229 g/mol. The zero-order chi connectivity index (χ0) is 11.3. The Hall–Kier alpha value is -0.910. The number of carbonyl (C=O) groups excluding carboxylic acids is 1. The highest BCUT2D eigenvalue weighted by Crippen LogP contribution is 2.07. The first-order chi connectivity index (χ1) is 7.19. The summed E-state index contributed by atoms with van der Waals surface area (Å²) in [6.45, 7) is 1.84. The van der Waals surface area contributed by atoms with Gasteiger partial charge in [0.2, 0.25) is 0 Å². The third-order valence-corrected chi connectivity index (χ3v) is 2.70. The second kappa shape index (κ2) is 5.85. The highest BCUT2D eigenvalue weighted by molar-refractivity contribution is 7.08. The minimum absolute atomic E-state index is 0.108. The second-order valence-corrected chi connectivity index (χ2v) is 3.89. The number of amides is 1. The van der Waals surface area contributed by atoms with Crippen LogP contribution in [0.5, 0.6) is 0 Å². The van der Waals surface area contributed by atoms with Gasteiger partial charge in [-0.15, -0.1) is 0 Å². The first-order valence-corrected chi connectivity index (χ1v) is 5.52. The molecular weight excluding hydrogens is 214 g/mol. The molecule has 1 aromatic heterocycles. The van der Waals surface area contributed by atoms with Crippen molar-refractivity contribution in [3.05, 3.63) is 22.4 Å². The molecule has 0 radical (unpaired) electrons. The van der Waals surface area contributed by atoms with E-state index in [1.165, 1.54) is 11.3 Å². The van der Waals surface area contributed by atoms with Crippen molar-refractivity contribution in [2.24, 2.45) is 0 Å². The lowest BCUT2D eigenvalue weighted by Crippen LogP contribution is -2.42. The predicted octanol–water partition coefficient (Wildman–Crippen LogP) is 1.49. The summed E-state index contributed by atoms with van der Waals surface area (Å²) in [4.78, 5) is 11.6. The standard InChI is InChI=1S/C10H15NO3S/c1-7(10(13-2)14-3)11-9(12)8-4-5-15-6-8/h4-7,10H,1-3H3,(H,11,12). The van der Waals surface area contributed by atoms with Crippen LogP contribution in [0.4, 0.5) is 0 Å². The molecule has 84 valence electrons. The molecule has 1 N–H and O–H groups in total. The minimum atomic E-state index is -0.424. The number of thiophene rings is 1. The number of nitrogens with one attached hydrogen (secondary N) is 1. The van der Waals surface area contributed by atoms with E-state index in [9.17, 15) is 4.79 Å². The normalized spacial score (nSPS) is 12.8. The van der Waals surface area contributed by atoms with E-state index < -0.39 is 6.29 Å². The number of carbonyl (C=O) groups is 1. The van der Waals surface area contributed by atoms with E-state index in [1.54, 1.807) is 25.7 Å². The molecular formula is C10H15NO3S. The Morgan fingerprint density at radius 3 is 2.60 bits per heavy atom. The quantitative estimate of drug-likeness (QED) is 0.778. The first-order valence-electron chi connectivity index (χ1n) is 4.57. The average Bonchev–Trinajstić information content (AvgIpc) is 2.72. The van der Waals surface area contributed by atoms with Gasteiger partial charge in [-0.3, -0.25) is 4.79 Å². The molecule has 0 aromatic carbocycles. The number of methoxy groups -OCH3 is 2. The predicted molar refractivity (Wildman–Crippen MR) is 59.1 cm³/mol. The SMILES string of the molecule is COC(OC)C(C)NC(=O)c1ccsc1. The molecule has 0 fully saturated rings. The Morgan fingerprint density at radius 2 is 2.13 bits per heavy atom. The molecule has 1 heterocycles. The fourth-order valence-electron chi connectivity index (χ4n) is 1.26. The molecule has 15 heavy (non-hydrogen) atoms. The molecule has 1 atom stereocenters.